The quantitative estimate of drug-likeness (QED) is 0.742. The smallest absolute Gasteiger partial charge is 0.422 e. The molecule has 0 radical (unpaired) electrons. The molecule has 0 aliphatic rings. The van der Waals surface area contributed by atoms with Crippen LogP contribution >= 0.6 is 0 Å². The fourth-order valence-electron chi connectivity index (χ4n) is 1.98. The number of ether oxygens (including phenoxy) is 1. The van der Waals surface area contributed by atoms with Crippen molar-refractivity contribution in [2.75, 3.05) is 23.8 Å². The second-order valence-electron chi connectivity index (χ2n) is 5.25. The number of nitrogens with one attached hydrogen (secondary N) is 2. The van der Waals surface area contributed by atoms with Crippen molar-refractivity contribution in [1.29, 1.82) is 5.26 Å². The molecule has 2 aromatic carbocycles. The molecule has 0 saturated heterocycles. The molecule has 0 aromatic heterocycles. The van der Waals surface area contributed by atoms with Crippen molar-refractivity contribution in [2.45, 2.75) is 6.18 Å². The van der Waals surface area contributed by atoms with Crippen LogP contribution in [0.5, 0.6) is 5.75 Å². The number of carbonyl (C=O) groups excluding carboxylic acids is 1. The molecule has 0 atom stereocenters. The van der Waals surface area contributed by atoms with E-state index in [1.165, 1.54) is 12.1 Å². The topological polar surface area (TPSA) is 74.2 Å². The van der Waals surface area contributed by atoms with Gasteiger partial charge in [-0.15, -0.1) is 0 Å². The fourth-order valence-corrected chi connectivity index (χ4v) is 1.98. The first kappa shape index (κ1) is 20.0. The Kier molecular flexibility index (Phi) is 6.18. The minimum Gasteiger partial charge on any atom is -0.483 e. The first-order chi connectivity index (χ1) is 12.7. The molecule has 0 heterocycles. The summed E-state index contributed by atoms with van der Waals surface area (Å²) in [6.07, 6.45) is -4.54. The molecule has 10 heteroatoms. The van der Waals surface area contributed by atoms with Crippen LogP contribution in [0.3, 0.4) is 0 Å². The van der Waals surface area contributed by atoms with Gasteiger partial charge in [0.05, 0.1) is 17.8 Å². The molecule has 0 aliphatic carbocycles. The van der Waals surface area contributed by atoms with Gasteiger partial charge < -0.3 is 15.4 Å². The molecule has 2 aromatic rings. The number of hydrogen-bond acceptors (Lipinski definition) is 4. The largest absolute Gasteiger partial charge is 0.483 e. The van der Waals surface area contributed by atoms with Gasteiger partial charge in [0.1, 0.15) is 23.5 Å². The highest BCUT2D eigenvalue weighted by Gasteiger charge is 2.28. The third kappa shape index (κ3) is 6.14. The Balaban J connectivity index is 1.97. The molecule has 5 nitrogen and oxygen atoms in total. The number of benzene rings is 2. The number of hydrogen-bond donors (Lipinski definition) is 2. The van der Waals surface area contributed by atoms with Crippen LogP contribution in [0.15, 0.2) is 36.4 Å². The van der Waals surface area contributed by atoms with Crippen molar-refractivity contribution in [3.05, 3.63) is 53.6 Å². The van der Waals surface area contributed by atoms with Gasteiger partial charge in [-0.25, -0.2) is 8.78 Å². The van der Waals surface area contributed by atoms with Crippen LogP contribution in [0.25, 0.3) is 0 Å². The Hall–Kier alpha value is -3.35. The van der Waals surface area contributed by atoms with E-state index in [0.29, 0.717) is 6.07 Å². The van der Waals surface area contributed by atoms with Crippen LogP contribution in [0.2, 0.25) is 0 Å². The highest BCUT2D eigenvalue weighted by Crippen LogP contribution is 2.25. The molecular formula is C17H12F5N3O2. The maximum atomic E-state index is 13.5. The highest BCUT2D eigenvalue weighted by atomic mass is 19.4. The third-order valence-corrected chi connectivity index (χ3v) is 3.15. The maximum absolute atomic E-state index is 13.5. The lowest BCUT2D eigenvalue weighted by atomic mass is 10.2. The Morgan fingerprint density at radius 1 is 1.15 bits per heavy atom. The van der Waals surface area contributed by atoms with Gasteiger partial charge in [0.2, 0.25) is 5.91 Å². The van der Waals surface area contributed by atoms with Crippen molar-refractivity contribution in [3.63, 3.8) is 0 Å². The van der Waals surface area contributed by atoms with Gasteiger partial charge in [0.15, 0.2) is 6.61 Å². The summed E-state index contributed by atoms with van der Waals surface area (Å²) in [5.74, 6) is -2.64. The van der Waals surface area contributed by atoms with E-state index in [2.05, 4.69) is 15.4 Å². The summed E-state index contributed by atoms with van der Waals surface area (Å²) in [5, 5.41) is 13.9. The van der Waals surface area contributed by atoms with Crippen LogP contribution in [0, 0.1) is 23.0 Å². The molecule has 27 heavy (non-hydrogen) atoms. The van der Waals surface area contributed by atoms with E-state index in [4.69, 9.17) is 5.26 Å². The molecule has 1 amide bonds. The van der Waals surface area contributed by atoms with Gasteiger partial charge >= 0.3 is 6.18 Å². The number of carbonyl (C=O) groups is 1. The molecule has 0 bridgehead atoms. The highest BCUT2D eigenvalue weighted by molar-refractivity contribution is 5.93. The molecule has 0 fully saturated rings. The molecule has 2 rings (SSSR count). The zero-order valence-corrected chi connectivity index (χ0v) is 13.5. The minimum atomic E-state index is -4.54. The van der Waals surface area contributed by atoms with Crippen molar-refractivity contribution in [2.24, 2.45) is 0 Å². The fraction of sp³-hybridized carbons (Fsp3) is 0.176. The molecule has 0 saturated carbocycles. The van der Waals surface area contributed by atoms with E-state index in [1.54, 1.807) is 6.07 Å². The molecule has 2 N–H and O–H groups in total. The average molecular weight is 385 g/mol. The zero-order valence-electron chi connectivity index (χ0n) is 13.5. The predicted octanol–water partition coefficient (Wildman–Crippen LogP) is 3.83. The molecular weight excluding hydrogens is 373 g/mol. The maximum Gasteiger partial charge on any atom is 0.422 e. The molecule has 0 spiro atoms. The van der Waals surface area contributed by atoms with E-state index in [1.807, 2.05) is 0 Å². The number of nitrogens with zero attached hydrogens (tertiary/aromatic N) is 1. The lowest BCUT2D eigenvalue weighted by Crippen LogP contribution is -2.22. The van der Waals surface area contributed by atoms with Crippen LogP contribution in [-0.4, -0.2) is 25.2 Å². The molecule has 142 valence electrons. The van der Waals surface area contributed by atoms with E-state index in [0.717, 1.165) is 18.2 Å². The van der Waals surface area contributed by atoms with Crippen LogP contribution < -0.4 is 15.4 Å². The number of anilines is 2. The summed E-state index contributed by atoms with van der Waals surface area (Å²) in [6.45, 7) is -1.87. The lowest BCUT2D eigenvalue weighted by Gasteiger charge is -2.12. The Morgan fingerprint density at radius 3 is 2.52 bits per heavy atom. The van der Waals surface area contributed by atoms with Gasteiger partial charge in [-0.2, -0.15) is 18.4 Å². The standard InChI is InChI=1S/C17H12F5N3O2/c18-11-1-3-14(13(19)6-11)25-16(26)8-24-12-2-4-15(10(5-12)7-23)27-9-17(20,21)22/h1-6,24H,8-9H2,(H,25,26). The van der Waals surface area contributed by atoms with E-state index in [-0.39, 0.29) is 29.2 Å². The van der Waals surface area contributed by atoms with Crippen molar-refractivity contribution in [3.8, 4) is 11.8 Å². The number of alkyl halides is 3. The van der Waals surface area contributed by atoms with Gasteiger partial charge in [0, 0.05) is 11.8 Å². The van der Waals surface area contributed by atoms with Crippen LogP contribution in [0.4, 0.5) is 33.3 Å². The van der Waals surface area contributed by atoms with Gasteiger partial charge in [0.25, 0.3) is 0 Å². The zero-order chi connectivity index (χ0) is 20.0. The third-order valence-electron chi connectivity index (χ3n) is 3.15. The minimum absolute atomic E-state index is 0.158. The SMILES string of the molecule is N#Cc1cc(NCC(=O)Nc2ccc(F)cc2F)ccc1OCC(F)(F)F. The van der Waals surface area contributed by atoms with Crippen molar-refractivity contribution < 1.29 is 31.5 Å². The number of amides is 1. The van der Waals surface area contributed by atoms with Crippen LogP contribution in [-0.2, 0) is 4.79 Å². The van der Waals surface area contributed by atoms with Crippen LogP contribution in [0.1, 0.15) is 5.56 Å². The molecule has 0 aliphatic heterocycles. The van der Waals surface area contributed by atoms with E-state index >= 15 is 0 Å². The number of halogens is 5. The average Bonchev–Trinajstić information content (AvgIpc) is 2.60. The normalized spacial score (nSPS) is 10.8. The predicted molar refractivity (Wildman–Crippen MR) is 86.2 cm³/mol. The Morgan fingerprint density at radius 2 is 1.89 bits per heavy atom. The van der Waals surface area contributed by atoms with E-state index < -0.39 is 30.3 Å². The summed E-state index contributed by atoms with van der Waals surface area (Å²) in [7, 11) is 0. The Labute approximate surface area is 150 Å². The number of nitriles is 1. The number of rotatable bonds is 6. The summed E-state index contributed by atoms with van der Waals surface area (Å²) in [6, 6.07) is 8.02. The summed E-state index contributed by atoms with van der Waals surface area (Å²) in [4.78, 5) is 11.8. The van der Waals surface area contributed by atoms with Gasteiger partial charge in [-0.1, -0.05) is 0 Å². The molecule has 0 unspecified atom stereocenters. The first-order valence-electron chi connectivity index (χ1n) is 7.40. The van der Waals surface area contributed by atoms with Gasteiger partial charge in [-0.05, 0) is 30.3 Å². The summed E-state index contributed by atoms with van der Waals surface area (Å²) >= 11 is 0. The van der Waals surface area contributed by atoms with Crippen molar-refractivity contribution >= 4 is 17.3 Å². The Bertz CT molecular complexity index is 878. The monoisotopic (exact) mass is 385 g/mol. The second kappa shape index (κ2) is 8.35. The lowest BCUT2D eigenvalue weighted by molar-refractivity contribution is -0.153. The second-order valence-corrected chi connectivity index (χ2v) is 5.25. The van der Waals surface area contributed by atoms with E-state index in [9.17, 15) is 26.7 Å². The van der Waals surface area contributed by atoms with Gasteiger partial charge in [-0.3, -0.25) is 4.79 Å². The first-order valence-corrected chi connectivity index (χ1v) is 7.40. The van der Waals surface area contributed by atoms with Crippen molar-refractivity contribution in [1.82, 2.24) is 0 Å². The summed E-state index contributed by atoms with van der Waals surface area (Å²) in [5.41, 5.74) is -0.105. The summed E-state index contributed by atoms with van der Waals surface area (Å²) < 4.78 is 67.4.